The molecule has 0 heterocycles. The van der Waals surface area contributed by atoms with Gasteiger partial charge in [0.05, 0.1) is 0 Å². The average molecular weight is 275 g/mol. The molecule has 1 aliphatic rings. The molecule has 0 aliphatic heterocycles. The van der Waals surface area contributed by atoms with Crippen molar-refractivity contribution in [3.8, 4) is 0 Å². The Hall–Kier alpha value is -1.55. The van der Waals surface area contributed by atoms with Crippen LogP contribution in [0.3, 0.4) is 0 Å². The average Bonchev–Trinajstić information content (AvgIpc) is 2.84. The molecule has 1 unspecified atom stereocenters. The number of amides is 2. The molecule has 2 rings (SSSR count). The summed E-state index contributed by atoms with van der Waals surface area (Å²) in [6.45, 7) is 4.23. The van der Waals surface area contributed by atoms with Crippen molar-refractivity contribution in [2.24, 2.45) is 0 Å². The third-order valence-electron chi connectivity index (χ3n) is 4.22. The third-order valence-corrected chi connectivity index (χ3v) is 4.22. The zero-order valence-corrected chi connectivity index (χ0v) is 12.6. The van der Waals surface area contributed by atoms with Crippen molar-refractivity contribution in [3.05, 3.63) is 29.8 Å². The summed E-state index contributed by atoms with van der Waals surface area (Å²) in [4.78, 5) is 12.0. The maximum atomic E-state index is 12.0. The molecule has 110 valence electrons. The van der Waals surface area contributed by atoms with Crippen LogP contribution in [0.15, 0.2) is 24.3 Å². The van der Waals surface area contributed by atoms with Gasteiger partial charge in [0.1, 0.15) is 0 Å². The molecule has 1 atom stereocenters. The number of hydrogen-bond donors (Lipinski definition) is 3. The van der Waals surface area contributed by atoms with Gasteiger partial charge in [0.25, 0.3) is 0 Å². The van der Waals surface area contributed by atoms with Crippen molar-refractivity contribution in [1.29, 1.82) is 0 Å². The molecule has 1 aromatic rings. The lowest BCUT2D eigenvalue weighted by atomic mass is 10.0. The van der Waals surface area contributed by atoms with E-state index < -0.39 is 0 Å². The topological polar surface area (TPSA) is 53.2 Å². The maximum Gasteiger partial charge on any atom is 0.319 e. The Morgan fingerprint density at radius 2 is 1.80 bits per heavy atom. The largest absolute Gasteiger partial charge is 0.333 e. The van der Waals surface area contributed by atoms with Crippen LogP contribution in [-0.4, -0.2) is 18.6 Å². The second-order valence-electron chi connectivity index (χ2n) is 5.98. The molecule has 1 fully saturated rings. The van der Waals surface area contributed by atoms with Gasteiger partial charge in [0.2, 0.25) is 0 Å². The minimum Gasteiger partial charge on any atom is -0.333 e. The minimum absolute atomic E-state index is 0.0370. The Morgan fingerprint density at radius 3 is 2.35 bits per heavy atom. The first kappa shape index (κ1) is 14.9. The fourth-order valence-corrected chi connectivity index (χ4v) is 2.74. The van der Waals surface area contributed by atoms with E-state index >= 15 is 0 Å². The summed E-state index contributed by atoms with van der Waals surface area (Å²) >= 11 is 0. The first-order valence-electron chi connectivity index (χ1n) is 7.39. The number of carbonyl (C=O) groups excluding carboxylic acids is 1. The lowest BCUT2D eigenvalue weighted by Gasteiger charge is -2.25. The van der Waals surface area contributed by atoms with E-state index in [4.69, 9.17) is 0 Å². The predicted molar refractivity (Wildman–Crippen MR) is 82.9 cm³/mol. The molecule has 0 spiro atoms. The highest BCUT2D eigenvalue weighted by Crippen LogP contribution is 2.28. The SMILES string of the molecule is CNC(C)c1ccc(NC(=O)NC2(C)CCCC2)cc1. The van der Waals surface area contributed by atoms with Gasteiger partial charge in [-0.2, -0.15) is 0 Å². The molecular weight excluding hydrogens is 250 g/mol. The standard InChI is InChI=1S/C16H25N3O/c1-12(17-3)13-6-8-14(9-7-13)18-15(20)19-16(2)10-4-5-11-16/h6-9,12,17H,4-5,10-11H2,1-3H3,(H2,18,19,20). The van der Waals surface area contributed by atoms with Crippen molar-refractivity contribution in [1.82, 2.24) is 10.6 Å². The second kappa shape index (κ2) is 6.27. The Kier molecular flexibility index (Phi) is 4.65. The third kappa shape index (κ3) is 3.73. The molecule has 3 N–H and O–H groups in total. The van der Waals surface area contributed by atoms with E-state index in [0.29, 0.717) is 6.04 Å². The molecule has 0 radical (unpaired) electrons. The zero-order valence-electron chi connectivity index (χ0n) is 12.6. The number of urea groups is 1. The predicted octanol–water partition coefficient (Wildman–Crippen LogP) is 3.42. The lowest BCUT2D eigenvalue weighted by molar-refractivity contribution is 0.239. The zero-order chi connectivity index (χ0) is 14.6. The molecule has 2 amide bonds. The van der Waals surface area contributed by atoms with Gasteiger partial charge in [0.15, 0.2) is 0 Å². The van der Waals surface area contributed by atoms with Crippen LogP contribution < -0.4 is 16.0 Å². The Bertz CT molecular complexity index is 449. The quantitative estimate of drug-likeness (QED) is 0.788. The highest BCUT2D eigenvalue weighted by Gasteiger charge is 2.29. The first-order chi connectivity index (χ1) is 9.52. The Labute approximate surface area is 121 Å². The number of nitrogens with one attached hydrogen (secondary N) is 3. The van der Waals surface area contributed by atoms with E-state index in [2.05, 4.69) is 29.8 Å². The number of benzene rings is 1. The molecule has 20 heavy (non-hydrogen) atoms. The van der Waals surface area contributed by atoms with Crippen LogP contribution in [0.2, 0.25) is 0 Å². The molecule has 0 bridgehead atoms. The van der Waals surface area contributed by atoms with Gasteiger partial charge in [0, 0.05) is 17.3 Å². The summed E-state index contributed by atoms with van der Waals surface area (Å²) in [6, 6.07) is 8.17. The molecule has 0 aromatic heterocycles. The maximum absolute atomic E-state index is 12.0. The fourth-order valence-electron chi connectivity index (χ4n) is 2.74. The number of carbonyl (C=O) groups is 1. The van der Waals surface area contributed by atoms with E-state index in [0.717, 1.165) is 18.5 Å². The summed E-state index contributed by atoms with van der Waals surface area (Å²) < 4.78 is 0. The van der Waals surface area contributed by atoms with Crippen LogP contribution in [0.5, 0.6) is 0 Å². The minimum atomic E-state index is -0.108. The number of hydrogen-bond acceptors (Lipinski definition) is 2. The molecule has 0 saturated heterocycles. The highest BCUT2D eigenvalue weighted by atomic mass is 16.2. The van der Waals surface area contributed by atoms with Gasteiger partial charge in [-0.1, -0.05) is 25.0 Å². The van der Waals surface area contributed by atoms with E-state index in [1.165, 1.54) is 18.4 Å². The van der Waals surface area contributed by atoms with E-state index in [1.807, 2.05) is 31.3 Å². The van der Waals surface area contributed by atoms with Crippen molar-refractivity contribution in [3.63, 3.8) is 0 Å². The number of rotatable bonds is 4. The van der Waals surface area contributed by atoms with E-state index in [9.17, 15) is 4.79 Å². The molecule has 1 saturated carbocycles. The molecule has 4 heteroatoms. The van der Waals surface area contributed by atoms with Crippen LogP contribution in [0, 0.1) is 0 Å². The van der Waals surface area contributed by atoms with Gasteiger partial charge in [-0.05, 0) is 51.4 Å². The summed E-state index contributed by atoms with van der Waals surface area (Å²) in [5.74, 6) is 0. The van der Waals surface area contributed by atoms with Crippen molar-refractivity contribution >= 4 is 11.7 Å². The van der Waals surface area contributed by atoms with Crippen molar-refractivity contribution in [2.75, 3.05) is 12.4 Å². The highest BCUT2D eigenvalue weighted by molar-refractivity contribution is 5.89. The van der Waals surface area contributed by atoms with Crippen LogP contribution in [-0.2, 0) is 0 Å². The first-order valence-corrected chi connectivity index (χ1v) is 7.39. The summed E-state index contributed by atoms with van der Waals surface area (Å²) in [7, 11) is 1.94. The summed E-state index contributed by atoms with van der Waals surface area (Å²) in [6.07, 6.45) is 4.54. The van der Waals surface area contributed by atoms with Crippen LogP contribution in [0.25, 0.3) is 0 Å². The normalized spacial score (nSPS) is 18.6. The van der Waals surface area contributed by atoms with Gasteiger partial charge in [-0.3, -0.25) is 0 Å². The second-order valence-corrected chi connectivity index (χ2v) is 5.98. The van der Waals surface area contributed by atoms with Crippen LogP contribution in [0.1, 0.15) is 51.1 Å². The van der Waals surface area contributed by atoms with Gasteiger partial charge < -0.3 is 16.0 Å². The summed E-state index contributed by atoms with van der Waals surface area (Å²) in [5.41, 5.74) is 2.00. The van der Waals surface area contributed by atoms with Crippen LogP contribution in [0.4, 0.5) is 10.5 Å². The smallest absolute Gasteiger partial charge is 0.319 e. The Balaban J connectivity index is 1.91. The molecule has 1 aromatic carbocycles. The van der Waals surface area contributed by atoms with Gasteiger partial charge in [-0.25, -0.2) is 4.79 Å². The van der Waals surface area contributed by atoms with Crippen LogP contribution >= 0.6 is 0 Å². The molecule has 1 aliphatic carbocycles. The van der Waals surface area contributed by atoms with E-state index in [1.54, 1.807) is 0 Å². The summed E-state index contributed by atoms with van der Waals surface area (Å²) in [5, 5.41) is 9.19. The fraction of sp³-hybridized carbons (Fsp3) is 0.562. The van der Waals surface area contributed by atoms with Gasteiger partial charge in [-0.15, -0.1) is 0 Å². The van der Waals surface area contributed by atoms with E-state index in [-0.39, 0.29) is 11.6 Å². The molecular formula is C16H25N3O. The number of anilines is 1. The van der Waals surface area contributed by atoms with Gasteiger partial charge >= 0.3 is 6.03 Å². The molecule has 4 nitrogen and oxygen atoms in total. The lowest BCUT2D eigenvalue weighted by Crippen LogP contribution is -2.45. The van der Waals surface area contributed by atoms with Crippen molar-refractivity contribution < 1.29 is 4.79 Å². The van der Waals surface area contributed by atoms with Crippen molar-refractivity contribution in [2.45, 2.75) is 51.1 Å². The Morgan fingerprint density at radius 1 is 1.20 bits per heavy atom. The monoisotopic (exact) mass is 275 g/mol.